The fraction of sp³-hybridized carbons (Fsp3) is 0.350. The van der Waals surface area contributed by atoms with Crippen molar-refractivity contribution in [2.45, 2.75) is 20.4 Å². The van der Waals surface area contributed by atoms with Gasteiger partial charge in [-0.3, -0.25) is 0 Å². The topological polar surface area (TPSA) is 35.6 Å². The minimum absolute atomic E-state index is 0.0133. The molecule has 1 fully saturated rings. The van der Waals surface area contributed by atoms with E-state index in [0.717, 1.165) is 31.7 Å². The van der Waals surface area contributed by atoms with Gasteiger partial charge in [-0.25, -0.2) is 4.79 Å². The van der Waals surface area contributed by atoms with E-state index >= 15 is 0 Å². The summed E-state index contributed by atoms with van der Waals surface area (Å²) < 4.78 is 0. The SMILES string of the molecule is Cc1cccc(N2CCN(C(=O)NCc3cccc(Cl)c3)CC2)c1C. The van der Waals surface area contributed by atoms with Crippen molar-refractivity contribution < 1.29 is 4.79 Å². The number of amides is 2. The van der Waals surface area contributed by atoms with E-state index in [0.29, 0.717) is 11.6 Å². The number of carbonyl (C=O) groups excluding carboxylic acids is 1. The highest BCUT2D eigenvalue weighted by atomic mass is 35.5. The van der Waals surface area contributed by atoms with Crippen LogP contribution < -0.4 is 10.2 Å². The van der Waals surface area contributed by atoms with Crippen molar-refractivity contribution in [2.75, 3.05) is 31.1 Å². The Bertz CT molecular complexity index is 754. The number of hydrogen-bond donors (Lipinski definition) is 1. The number of aryl methyl sites for hydroxylation is 1. The zero-order valence-corrected chi connectivity index (χ0v) is 15.5. The first-order valence-corrected chi connectivity index (χ1v) is 9.01. The normalized spacial score (nSPS) is 14.5. The third-order valence-electron chi connectivity index (χ3n) is 4.82. The molecule has 1 saturated heterocycles. The highest BCUT2D eigenvalue weighted by Crippen LogP contribution is 2.23. The molecule has 0 saturated carbocycles. The van der Waals surface area contributed by atoms with Gasteiger partial charge in [-0.2, -0.15) is 0 Å². The van der Waals surface area contributed by atoms with Crippen LogP contribution in [0.1, 0.15) is 16.7 Å². The number of rotatable bonds is 3. The predicted octanol–water partition coefficient (Wildman–Crippen LogP) is 3.99. The van der Waals surface area contributed by atoms with Gasteiger partial charge in [0.2, 0.25) is 0 Å². The predicted molar refractivity (Wildman–Crippen MR) is 103 cm³/mol. The third kappa shape index (κ3) is 4.26. The molecule has 0 spiro atoms. The van der Waals surface area contributed by atoms with Gasteiger partial charge in [0.15, 0.2) is 0 Å². The van der Waals surface area contributed by atoms with Gasteiger partial charge in [-0.1, -0.05) is 35.9 Å². The summed E-state index contributed by atoms with van der Waals surface area (Å²) in [4.78, 5) is 16.6. The Morgan fingerprint density at radius 1 is 1.08 bits per heavy atom. The average molecular weight is 358 g/mol. The smallest absolute Gasteiger partial charge is 0.317 e. The lowest BCUT2D eigenvalue weighted by molar-refractivity contribution is 0.194. The van der Waals surface area contributed by atoms with Gasteiger partial charge in [-0.05, 0) is 48.7 Å². The van der Waals surface area contributed by atoms with Crippen molar-refractivity contribution in [1.29, 1.82) is 0 Å². The number of urea groups is 1. The van der Waals surface area contributed by atoms with Crippen LogP contribution in [-0.2, 0) is 6.54 Å². The summed E-state index contributed by atoms with van der Waals surface area (Å²) in [5.74, 6) is 0. The van der Waals surface area contributed by atoms with Crippen molar-refractivity contribution >= 4 is 23.3 Å². The van der Waals surface area contributed by atoms with E-state index in [1.165, 1.54) is 16.8 Å². The van der Waals surface area contributed by atoms with Crippen molar-refractivity contribution in [3.8, 4) is 0 Å². The molecule has 2 amide bonds. The van der Waals surface area contributed by atoms with Gasteiger partial charge in [0.25, 0.3) is 0 Å². The number of anilines is 1. The maximum absolute atomic E-state index is 12.4. The van der Waals surface area contributed by atoms with Crippen LogP contribution in [0, 0.1) is 13.8 Å². The summed E-state index contributed by atoms with van der Waals surface area (Å²) in [7, 11) is 0. The number of hydrogen-bond acceptors (Lipinski definition) is 2. The van der Waals surface area contributed by atoms with Crippen LogP contribution in [0.4, 0.5) is 10.5 Å². The molecule has 1 aliphatic heterocycles. The Hall–Kier alpha value is -2.20. The minimum atomic E-state index is -0.0133. The highest BCUT2D eigenvalue weighted by molar-refractivity contribution is 6.30. The second-order valence-electron chi connectivity index (χ2n) is 6.48. The Kier molecular flexibility index (Phi) is 5.49. The molecule has 3 rings (SSSR count). The van der Waals surface area contributed by atoms with Gasteiger partial charge in [0.05, 0.1) is 0 Å². The van der Waals surface area contributed by atoms with Crippen LogP contribution in [0.25, 0.3) is 0 Å². The third-order valence-corrected chi connectivity index (χ3v) is 5.05. The molecule has 1 N–H and O–H groups in total. The summed E-state index contributed by atoms with van der Waals surface area (Å²) in [6.45, 7) is 7.97. The summed E-state index contributed by atoms with van der Waals surface area (Å²) in [6, 6.07) is 14.0. The second kappa shape index (κ2) is 7.79. The maximum Gasteiger partial charge on any atom is 0.317 e. The molecule has 4 nitrogen and oxygen atoms in total. The number of nitrogens with one attached hydrogen (secondary N) is 1. The van der Waals surface area contributed by atoms with E-state index in [4.69, 9.17) is 11.6 Å². The lowest BCUT2D eigenvalue weighted by Crippen LogP contribution is -2.51. The second-order valence-corrected chi connectivity index (χ2v) is 6.92. The van der Waals surface area contributed by atoms with Gasteiger partial charge >= 0.3 is 6.03 Å². The lowest BCUT2D eigenvalue weighted by Gasteiger charge is -2.37. The van der Waals surface area contributed by atoms with Crippen molar-refractivity contribution in [3.05, 3.63) is 64.2 Å². The monoisotopic (exact) mass is 357 g/mol. The molecule has 5 heteroatoms. The summed E-state index contributed by atoms with van der Waals surface area (Å²) in [5.41, 5.74) is 4.91. The largest absolute Gasteiger partial charge is 0.368 e. The molecule has 0 atom stereocenters. The molecule has 1 heterocycles. The molecule has 0 bridgehead atoms. The summed E-state index contributed by atoms with van der Waals surface area (Å²) >= 11 is 5.98. The Morgan fingerprint density at radius 2 is 1.80 bits per heavy atom. The molecule has 0 aromatic heterocycles. The number of nitrogens with zero attached hydrogens (tertiary/aromatic N) is 2. The van der Waals surface area contributed by atoms with E-state index in [1.54, 1.807) is 0 Å². The van der Waals surface area contributed by atoms with Gasteiger partial charge in [0.1, 0.15) is 0 Å². The quantitative estimate of drug-likeness (QED) is 0.901. The van der Waals surface area contributed by atoms with E-state index in [1.807, 2.05) is 29.2 Å². The molecule has 0 aliphatic carbocycles. The molecule has 25 heavy (non-hydrogen) atoms. The maximum atomic E-state index is 12.4. The molecule has 2 aromatic carbocycles. The van der Waals surface area contributed by atoms with Crippen LogP contribution in [0.2, 0.25) is 5.02 Å². The number of benzene rings is 2. The Morgan fingerprint density at radius 3 is 2.52 bits per heavy atom. The van der Waals surface area contributed by atoms with Crippen LogP contribution in [0.3, 0.4) is 0 Å². The molecule has 0 radical (unpaired) electrons. The Labute approximate surface area is 154 Å². The summed E-state index contributed by atoms with van der Waals surface area (Å²) in [5, 5.41) is 3.67. The molecule has 1 aliphatic rings. The molecule has 132 valence electrons. The fourth-order valence-electron chi connectivity index (χ4n) is 3.17. The van der Waals surface area contributed by atoms with E-state index in [-0.39, 0.29) is 6.03 Å². The first-order chi connectivity index (χ1) is 12.0. The molecule has 2 aromatic rings. The number of halogens is 1. The first-order valence-electron chi connectivity index (χ1n) is 8.63. The van der Waals surface area contributed by atoms with Crippen molar-refractivity contribution in [3.63, 3.8) is 0 Å². The fourth-order valence-corrected chi connectivity index (χ4v) is 3.38. The number of piperazine rings is 1. The van der Waals surface area contributed by atoms with E-state index in [9.17, 15) is 4.79 Å². The zero-order valence-electron chi connectivity index (χ0n) is 14.8. The van der Waals surface area contributed by atoms with Gasteiger partial charge < -0.3 is 15.1 Å². The van der Waals surface area contributed by atoms with Gasteiger partial charge in [0, 0.05) is 43.4 Å². The van der Waals surface area contributed by atoms with Gasteiger partial charge in [-0.15, -0.1) is 0 Å². The lowest BCUT2D eigenvalue weighted by atomic mass is 10.1. The van der Waals surface area contributed by atoms with Crippen LogP contribution in [0.5, 0.6) is 0 Å². The van der Waals surface area contributed by atoms with Crippen LogP contribution in [0.15, 0.2) is 42.5 Å². The van der Waals surface area contributed by atoms with E-state index in [2.05, 4.69) is 42.3 Å². The molecular formula is C20H24ClN3O. The van der Waals surface area contributed by atoms with Crippen LogP contribution >= 0.6 is 11.6 Å². The number of carbonyl (C=O) groups is 1. The standard InChI is InChI=1S/C20H24ClN3O/c1-15-5-3-8-19(16(15)2)23-9-11-24(12-10-23)20(25)22-14-17-6-4-7-18(21)13-17/h3-8,13H,9-12,14H2,1-2H3,(H,22,25). The minimum Gasteiger partial charge on any atom is -0.368 e. The zero-order chi connectivity index (χ0) is 17.8. The Balaban J connectivity index is 1.53. The van der Waals surface area contributed by atoms with E-state index < -0.39 is 0 Å². The molecule has 0 unspecified atom stereocenters. The van der Waals surface area contributed by atoms with Crippen LogP contribution in [-0.4, -0.2) is 37.1 Å². The van der Waals surface area contributed by atoms with Crippen molar-refractivity contribution in [2.24, 2.45) is 0 Å². The first kappa shape index (κ1) is 17.6. The highest BCUT2D eigenvalue weighted by Gasteiger charge is 2.22. The molecular weight excluding hydrogens is 334 g/mol. The summed E-state index contributed by atoms with van der Waals surface area (Å²) in [6.07, 6.45) is 0. The van der Waals surface area contributed by atoms with Crippen molar-refractivity contribution in [1.82, 2.24) is 10.2 Å². The average Bonchev–Trinajstić information content (AvgIpc) is 2.62.